The van der Waals surface area contributed by atoms with E-state index in [1.807, 2.05) is 36.7 Å². The third kappa shape index (κ3) is 10.0. The Hall–Kier alpha value is -3.93. The fourth-order valence-electron chi connectivity index (χ4n) is 4.10. The average Bonchev–Trinajstić information content (AvgIpc) is 3.35. The van der Waals surface area contributed by atoms with Crippen LogP contribution in [0.15, 0.2) is 60.9 Å². The van der Waals surface area contributed by atoms with Gasteiger partial charge in [0.25, 0.3) is 0 Å². The molecule has 0 atom stereocenters. The van der Waals surface area contributed by atoms with E-state index in [4.69, 9.17) is 24.4 Å². The lowest BCUT2D eigenvalue weighted by Gasteiger charge is -2.34. The fourth-order valence-corrected chi connectivity index (χ4v) is 4.10. The van der Waals surface area contributed by atoms with Crippen molar-refractivity contribution in [2.24, 2.45) is 0 Å². The number of nitrogens with zero attached hydrogens (tertiary/aromatic N) is 4. The third-order valence-corrected chi connectivity index (χ3v) is 6.26. The lowest BCUT2D eigenvalue weighted by atomic mass is 10.2. The number of imidazole rings is 1. The van der Waals surface area contributed by atoms with Crippen LogP contribution in [0.25, 0.3) is 11.0 Å². The van der Waals surface area contributed by atoms with Gasteiger partial charge in [-0.2, -0.15) is 0 Å². The monoisotopic (exact) mass is 540 g/mol. The maximum atomic E-state index is 9.55. The van der Waals surface area contributed by atoms with Gasteiger partial charge in [0.05, 0.1) is 44.8 Å². The van der Waals surface area contributed by atoms with Crippen molar-refractivity contribution < 1.29 is 34.0 Å². The maximum Gasteiger partial charge on any atom is 0.328 e. The minimum atomic E-state index is -1.26. The van der Waals surface area contributed by atoms with Crippen LogP contribution in [0, 0.1) is 0 Å². The first kappa shape index (κ1) is 29.6. The van der Waals surface area contributed by atoms with Gasteiger partial charge < -0.3 is 29.0 Å². The number of fused-ring (bicyclic) bond motifs is 1. The van der Waals surface area contributed by atoms with Crippen LogP contribution in [-0.2, 0) is 27.4 Å². The van der Waals surface area contributed by atoms with Gasteiger partial charge in [0.1, 0.15) is 11.5 Å². The van der Waals surface area contributed by atoms with E-state index < -0.39 is 11.9 Å². The summed E-state index contributed by atoms with van der Waals surface area (Å²) in [5.74, 6) is -0.754. The number of aromatic nitrogens is 2. The second kappa shape index (κ2) is 15.5. The van der Waals surface area contributed by atoms with Gasteiger partial charge in [-0.1, -0.05) is 12.1 Å². The number of carboxylic acids is 2. The zero-order chi connectivity index (χ0) is 28.0. The maximum absolute atomic E-state index is 9.55. The highest BCUT2D eigenvalue weighted by molar-refractivity contribution is 5.89. The SMILES string of the molecule is COc1ccc(CN2CCN(CCOCCn3cnc4ccc(OC)cc43)CC2)cc1.O=C(O)/C=C/C(=O)O. The van der Waals surface area contributed by atoms with Crippen LogP contribution in [0.4, 0.5) is 0 Å². The number of carboxylic acid groups (broad SMARTS) is 2. The van der Waals surface area contributed by atoms with Crippen LogP contribution in [0.1, 0.15) is 5.56 Å². The minimum absolute atomic E-state index is 0.558. The van der Waals surface area contributed by atoms with Crippen molar-refractivity contribution in [3.63, 3.8) is 0 Å². The molecule has 210 valence electrons. The molecule has 0 saturated carbocycles. The molecule has 1 aliphatic heterocycles. The molecule has 0 radical (unpaired) electrons. The van der Waals surface area contributed by atoms with Gasteiger partial charge in [-0.25, -0.2) is 14.6 Å². The summed E-state index contributed by atoms with van der Waals surface area (Å²) in [6.07, 6.45) is 2.99. The molecule has 39 heavy (non-hydrogen) atoms. The Morgan fingerprint density at radius 2 is 1.44 bits per heavy atom. The molecule has 1 saturated heterocycles. The molecule has 0 bridgehead atoms. The number of methoxy groups -OCH3 is 2. The largest absolute Gasteiger partial charge is 0.497 e. The highest BCUT2D eigenvalue weighted by Crippen LogP contribution is 2.19. The molecule has 2 aromatic carbocycles. The van der Waals surface area contributed by atoms with E-state index in [-0.39, 0.29) is 0 Å². The molecule has 0 spiro atoms. The molecule has 2 heterocycles. The minimum Gasteiger partial charge on any atom is -0.497 e. The molecule has 1 aromatic heterocycles. The molecule has 4 rings (SSSR count). The lowest BCUT2D eigenvalue weighted by molar-refractivity contribution is -0.134. The zero-order valence-electron chi connectivity index (χ0n) is 22.4. The molecule has 3 aromatic rings. The molecule has 0 aliphatic carbocycles. The van der Waals surface area contributed by atoms with Crippen molar-refractivity contribution >= 4 is 23.0 Å². The Morgan fingerprint density at radius 3 is 2.05 bits per heavy atom. The summed E-state index contributed by atoms with van der Waals surface area (Å²) in [4.78, 5) is 28.6. The molecule has 0 amide bonds. The number of benzene rings is 2. The number of hydrogen-bond acceptors (Lipinski definition) is 8. The Kier molecular flexibility index (Phi) is 11.8. The first-order chi connectivity index (χ1) is 18.9. The highest BCUT2D eigenvalue weighted by atomic mass is 16.5. The number of rotatable bonds is 12. The predicted octanol–water partition coefficient (Wildman–Crippen LogP) is 2.60. The van der Waals surface area contributed by atoms with Crippen molar-refractivity contribution in [1.82, 2.24) is 19.4 Å². The predicted molar refractivity (Wildman–Crippen MR) is 146 cm³/mol. The number of carbonyl (C=O) groups is 2. The Balaban J connectivity index is 0.000000459. The van der Waals surface area contributed by atoms with E-state index in [2.05, 4.69) is 31.5 Å². The molecule has 1 fully saturated rings. The molecule has 0 unspecified atom stereocenters. The molecule has 11 nitrogen and oxygen atoms in total. The van der Waals surface area contributed by atoms with Crippen LogP contribution >= 0.6 is 0 Å². The first-order valence-electron chi connectivity index (χ1n) is 12.7. The summed E-state index contributed by atoms with van der Waals surface area (Å²) in [5, 5.41) is 15.6. The van der Waals surface area contributed by atoms with Crippen molar-refractivity contribution in [2.45, 2.75) is 13.1 Å². The summed E-state index contributed by atoms with van der Waals surface area (Å²) in [7, 11) is 3.39. The first-order valence-corrected chi connectivity index (χ1v) is 12.7. The molecular weight excluding hydrogens is 504 g/mol. The normalized spacial score (nSPS) is 14.2. The van der Waals surface area contributed by atoms with Crippen LogP contribution < -0.4 is 9.47 Å². The molecular formula is C28H36N4O7. The van der Waals surface area contributed by atoms with Crippen LogP contribution in [-0.4, -0.2) is 102 Å². The summed E-state index contributed by atoms with van der Waals surface area (Å²) < 4.78 is 18.6. The summed E-state index contributed by atoms with van der Waals surface area (Å²) in [5.41, 5.74) is 3.39. The Morgan fingerprint density at radius 1 is 0.846 bits per heavy atom. The van der Waals surface area contributed by atoms with Gasteiger partial charge in [0, 0.05) is 64.0 Å². The third-order valence-electron chi connectivity index (χ3n) is 6.26. The van der Waals surface area contributed by atoms with E-state index >= 15 is 0 Å². The van der Waals surface area contributed by atoms with Crippen molar-refractivity contribution in [3.05, 3.63) is 66.5 Å². The van der Waals surface area contributed by atoms with Crippen LogP contribution in [0.5, 0.6) is 11.5 Å². The molecule has 11 heteroatoms. The zero-order valence-corrected chi connectivity index (χ0v) is 22.4. The van der Waals surface area contributed by atoms with E-state index in [1.54, 1.807) is 14.2 Å². The van der Waals surface area contributed by atoms with Crippen LogP contribution in [0.2, 0.25) is 0 Å². The smallest absolute Gasteiger partial charge is 0.328 e. The van der Waals surface area contributed by atoms with Gasteiger partial charge in [0.15, 0.2) is 0 Å². The van der Waals surface area contributed by atoms with Gasteiger partial charge in [-0.05, 0) is 29.8 Å². The Labute approximate surface area is 227 Å². The summed E-state index contributed by atoms with van der Waals surface area (Å²) in [6.45, 7) is 8.57. The summed E-state index contributed by atoms with van der Waals surface area (Å²) in [6, 6.07) is 14.3. The highest BCUT2D eigenvalue weighted by Gasteiger charge is 2.16. The van der Waals surface area contributed by atoms with Crippen molar-refractivity contribution in [2.75, 3.05) is 60.2 Å². The fraction of sp³-hybridized carbons (Fsp3) is 0.393. The van der Waals surface area contributed by atoms with Gasteiger partial charge in [-0.3, -0.25) is 9.80 Å². The quantitative estimate of drug-likeness (QED) is 0.261. The van der Waals surface area contributed by atoms with Gasteiger partial charge in [0.2, 0.25) is 0 Å². The topological polar surface area (TPSA) is 127 Å². The molecule has 2 N–H and O–H groups in total. The van der Waals surface area contributed by atoms with Crippen molar-refractivity contribution in [3.8, 4) is 11.5 Å². The second-order valence-electron chi connectivity index (χ2n) is 8.88. The molecule has 1 aliphatic rings. The van der Waals surface area contributed by atoms with E-state index in [9.17, 15) is 9.59 Å². The van der Waals surface area contributed by atoms with Crippen molar-refractivity contribution in [1.29, 1.82) is 0 Å². The van der Waals surface area contributed by atoms with Gasteiger partial charge in [-0.15, -0.1) is 0 Å². The summed E-state index contributed by atoms with van der Waals surface area (Å²) >= 11 is 0. The number of aliphatic carboxylic acids is 2. The lowest BCUT2D eigenvalue weighted by Crippen LogP contribution is -2.46. The van der Waals surface area contributed by atoms with E-state index in [0.717, 1.165) is 75.0 Å². The second-order valence-corrected chi connectivity index (χ2v) is 8.88. The number of piperazine rings is 1. The van der Waals surface area contributed by atoms with Crippen LogP contribution in [0.3, 0.4) is 0 Å². The van der Waals surface area contributed by atoms with E-state index in [0.29, 0.717) is 18.8 Å². The van der Waals surface area contributed by atoms with E-state index in [1.165, 1.54) is 5.56 Å². The standard InChI is InChI=1S/C24H32N4O3.C4H4O4/c1-29-21-5-3-20(4-6-21)18-27-11-9-26(10-12-27)13-15-31-16-14-28-19-25-23-8-7-22(30-2)17-24(23)28;5-3(6)1-2-4(7)8/h3-8,17,19H,9-16,18H2,1-2H3;1-2H,(H,5,6)(H,7,8)/b;2-1+. The average molecular weight is 541 g/mol. The Bertz CT molecular complexity index is 1200. The number of ether oxygens (including phenoxy) is 3. The van der Waals surface area contributed by atoms with Gasteiger partial charge >= 0.3 is 11.9 Å². The number of hydrogen-bond donors (Lipinski definition) is 2.